The fraction of sp³-hybridized carbons (Fsp3) is 0. The Hall–Kier alpha value is -6.90. The van der Waals surface area contributed by atoms with Crippen molar-refractivity contribution in [3.8, 4) is 27.9 Å². The Morgan fingerprint density at radius 2 is 1.13 bits per heavy atom. The first-order valence-corrected chi connectivity index (χ1v) is 17.7. The van der Waals surface area contributed by atoms with Gasteiger partial charge in [0.05, 0.1) is 22.4 Å². The summed E-state index contributed by atoms with van der Waals surface area (Å²) < 4.78 is 2.36. The Kier molecular flexibility index (Phi) is 7.83. The van der Waals surface area contributed by atoms with Crippen LogP contribution in [0.1, 0.15) is 16.7 Å². The molecule has 52 heavy (non-hydrogen) atoms. The fourth-order valence-corrected chi connectivity index (χ4v) is 7.61. The van der Waals surface area contributed by atoms with Crippen LogP contribution in [-0.2, 0) is 0 Å². The first kappa shape index (κ1) is 31.1. The Morgan fingerprint density at radius 3 is 1.96 bits per heavy atom. The van der Waals surface area contributed by atoms with Crippen molar-refractivity contribution in [3.05, 3.63) is 212 Å². The summed E-state index contributed by atoms with van der Waals surface area (Å²) in [6.07, 6.45) is 10.2. The van der Waals surface area contributed by atoms with Crippen molar-refractivity contribution in [2.75, 3.05) is 4.90 Å². The first-order valence-electron chi connectivity index (χ1n) is 17.7. The van der Waals surface area contributed by atoms with E-state index in [0.717, 1.165) is 56.1 Å². The van der Waals surface area contributed by atoms with Crippen LogP contribution in [0.5, 0.6) is 0 Å². The zero-order chi connectivity index (χ0) is 35.0. The highest BCUT2D eigenvalue weighted by atomic mass is 15.1. The van der Waals surface area contributed by atoms with Gasteiger partial charge in [0, 0.05) is 22.1 Å². The number of nitrogens with zero attached hydrogens (tertiary/aromatic N) is 2. The van der Waals surface area contributed by atoms with E-state index in [1.807, 2.05) is 18.2 Å². The van der Waals surface area contributed by atoms with Crippen molar-refractivity contribution in [2.24, 2.45) is 0 Å². The fourth-order valence-electron chi connectivity index (χ4n) is 7.61. The molecule has 1 aliphatic heterocycles. The van der Waals surface area contributed by atoms with Crippen LogP contribution in [0.15, 0.2) is 195 Å². The lowest BCUT2D eigenvalue weighted by Crippen LogP contribution is -2.12. The van der Waals surface area contributed by atoms with E-state index in [-0.39, 0.29) is 0 Å². The van der Waals surface area contributed by atoms with Crippen LogP contribution in [0.4, 0.5) is 17.1 Å². The molecule has 9 rings (SSSR count). The molecular weight excluding hydrogens is 629 g/mol. The molecule has 0 radical (unpaired) electrons. The van der Waals surface area contributed by atoms with Crippen LogP contribution in [-0.4, -0.2) is 4.57 Å². The van der Waals surface area contributed by atoms with Crippen LogP contribution < -0.4 is 4.90 Å². The van der Waals surface area contributed by atoms with Crippen molar-refractivity contribution < 1.29 is 0 Å². The number of allylic oxidation sites excluding steroid dienone is 4. The van der Waals surface area contributed by atoms with Gasteiger partial charge in [0.1, 0.15) is 0 Å². The molecule has 2 heterocycles. The number of fused-ring (bicyclic) bond motifs is 5. The van der Waals surface area contributed by atoms with E-state index in [2.05, 4.69) is 199 Å². The maximum Gasteiger partial charge on any atom is 0.0541 e. The van der Waals surface area contributed by atoms with Gasteiger partial charge in [-0.05, 0) is 111 Å². The number of hydrogen-bond donors (Lipinski definition) is 0. The molecular formula is C50H36N2. The highest BCUT2D eigenvalue weighted by Gasteiger charge is 2.22. The molecule has 2 heteroatoms. The second-order valence-corrected chi connectivity index (χ2v) is 13.1. The maximum absolute atomic E-state index is 4.14. The summed E-state index contributed by atoms with van der Waals surface area (Å²) in [6.45, 7) is 8.11. The Morgan fingerprint density at radius 1 is 0.462 bits per heavy atom. The van der Waals surface area contributed by atoms with E-state index in [1.165, 1.54) is 32.9 Å². The average Bonchev–Trinajstić information content (AvgIpc) is 3.44. The summed E-state index contributed by atoms with van der Waals surface area (Å²) in [7, 11) is 0. The van der Waals surface area contributed by atoms with E-state index < -0.39 is 0 Å². The van der Waals surface area contributed by atoms with Crippen molar-refractivity contribution >= 4 is 56.6 Å². The van der Waals surface area contributed by atoms with Gasteiger partial charge in [0.15, 0.2) is 0 Å². The van der Waals surface area contributed by atoms with Gasteiger partial charge in [0.2, 0.25) is 0 Å². The summed E-state index contributed by atoms with van der Waals surface area (Å²) in [4.78, 5) is 2.40. The average molecular weight is 665 g/mol. The molecule has 0 fully saturated rings. The smallest absolute Gasteiger partial charge is 0.0541 e. The second kappa shape index (κ2) is 13.1. The Labute approximate surface area is 304 Å². The van der Waals surface area contributed by atoms with Gasteiger partial charge in [-0.15, -0.1) is 0 Å². The molecule has 0 unspecified atom stereocenters. The number of para-hydroxylation sites is 3. The van der Waals surface area contributed by atoms with Crippen LogP contribution in [0.2, 0.25) is 0 Å². The molecule has 8 aromatic rings. The maximum atomic E-state index is 4.14. The summed E-state index contributed by atoms with van der Waals surface area (Å²) in [6, 6.07) is 59.1. The van der Waals surface area contributed by atoms with E-state index in [9.17, 15) is 0 Å². The zero-order valence-electron chi connectivity index (χ0n) is 28.8. The van der Waals surface area contributed by atoms with Gasteiger partial charge in [-0.3, -0.25) is 0 Å². The Bertz CT molecular complexity index is 2710. The molecule has 0 amide bonds. The van der Waals surface area contributed by atoms with Crippen LogP contribution in [0, 0.1) is 0 Å². The predicted octanol–water partition coefficient (Wildman–Crippen LogP) is 13.8. The van der Waals surface area contributed by atoms with Crippen LogP contribution in [0.25, 0.3) is 67.5 Å². The molecule has 1 aromatic heterocycles. The standard InChI is InChI=1S/C50H36N2/c1-3-15-35(4-2)41-31-42(36-16-7-5-8-17-36)33-44(32-41)52-47-22-13-11-18-37(47)24-25-40-30-38(26-28-48(40)52)39-27-29-50-46(34-39)45-21-12-14-23-49(45)51(50)43-19-9-6-10-20-43/h3-34H,1-2H2/b35-15+. The molecule has 246 valence electrons. The molecule has 0 saturated carbocycles. The molecule has 0 N–H and O–H groups in total. The number of anilines is 3. The summed E-state index contributed by atoms with van der Waals surface area (Å²) in [5.74, 6) is 0. The van der Waals surface area contributed by atoms with Crippen molar-refractivity contribution in [3.63, 3.8) is 0 Å². The van der Waals surface area contributed by atoms with Gasteiger partial charge < -0.3 is 9.47 Å². The normalized spacial score (nSPS) is 12.4. The van der Waals surface area contributed by atoms with E-state index >= 15 is 0 Å². The van der Waals surface area contributed by atoms with Crippen LogP contribution >= 0.6 is 0 Å². The van der Waals surface area contributed by atoms with E-state index in [0.29, 0.717) is 0 Å². The third-order valence-corrected chi connectivity index (χ3v) is 10.0. The highest BCUT2D eigenvalue weighted by molar-refractivity contribution is 6.10. The second-order valence-electron chi connectivity index (χ2n) is 13.1. The third-order valence-electron chi connectivity index (χ3n) is 10.0. The summed E-state index contributed by atoms with van der Waals surface area (Å²) in [5.41, 5.74) is 16.0. The zero-order valence-corrected chi connectivity index (χ0v) is 28.8. The lowest BCUT2D eigenvalue weighted by atomic mass is 9.96. The summed E-state index contributed by atoms with van der Waals surface area (Å²) >= 11 is 0. The monoisotopic (exact) mass is 664 g/mol. The number of hydrogen-bond acceptors (Lipinski definition) is 1. The molecule has 0 saturated heterocycles. The van der Waals surface area contributed by atoms with E-state index in [4.69, 9.17) is 0 Å². The van der Waals surface area contributed by atoms with Gasteiger partial charge in [-0.1, -0.05) is 141 Å². The van der Waals surface area contributed by atoms with Crippen molar-refractivity contribution in [2.45, 2.75) is 0 Å². The van der Waals surface area contributed by atoms with Crippen molar-refractivity contribution in [1.29, 1.82) is 0 Å². The Balaban J connectivity index is 1.22. The topological polar surface area (TPSA) is 8.17 Å². The number of benzene rings is 7. The highest BCUT2D eigenvalue weighted by Crippen LogP contribution is 2.45. The molecule has 1 aliphatic rings. The molecule has 2 nitrogen and oxygen atoms in total. The van der Waals surface area contributed by atoms with Gasteiger partial charge in [0.25, 0.3) is 0 Å². The third kappa shape index (κ3) is 5.39. The minimum Gasteiger partial charge on any atom is -0.309 e. The summed E-state index contributed by atoms with van der Waals surface area (Å²) in [5, 5.41) is 2.49. The first-order chi connectivity index (χ1) is 25.7. The lowest BCUT2D eigenvalue weighted by molar-refractivity contribution is 1.18. The SMILES string of the molecule is C=C/C=C(\C=C)c1cc(-c2ccccc2)cc(N2c3ccccc3C=Cc3cc(-c4ccc5c(c4)c4ccccc4n5-c4ccccc4)ccc32)c1. The molecule has 0 atom stereocenters. The van der Waals surface area contributed by atoms with Gasteiger partial charge >= 0.3 is 0 Å². The molecule has 7 aromatic carbocycles. The molecule has 0 aliphatic carbocycles. The largest absolute Gasteiger partial charge is 0.309 e. The molecule has 0 spiro atoms. The number of aromatic nitrogens is 1. The minimum absolute atomic E-state index is 1.02. The van der Waals surface area contributed by atoms with Gasteiger partial charge in [-0.2, -0.15) is 0 Å². The van der Waals surface area contributed by atoms with Gasteiger partial charge in [-0.25, -0.2) is 0 Å². The quantitative estimate of drug-likeness (QED) is 0.154. The van der Waals surface area contributed by atoms with Crippen molar-refractivity contribution in [1.82, 2.24) is 4.57 Å². The predicted molar refractivity (Wildman–Crippen MR) is 224 cm³/mol. The van der Waals surface area contributed by atoms with E-state index in [1.54, 1.807) is 0 Å². The minimum atomic E-state index is 1.02. The van der Waals surface area contributed by atoms with Crippen LogP contribution in [0.3, 0.4) is 0 Å². The molecule has 0 bridgehead atoms. The lowest BCUT2D eigenvalue weighted by Gasteiger charge is -2.28. The number of rotatable bonds is 7.